The average molecular weight is 258 g/mol. The van der Waals surface area contributed by atoms with E-state index in [1.807, 2.05) is 17.0 Å². The number of amides is 1. The quantitative estimate of drug-likeness (QED) is 0.725. The first-order valence-corrected chi connectivity index (χ1v) is 6.25. The summed E-state index contributed by atoms with van der Waals surface area (Å²) in [5.74, 6) is 0. The van der Waals surface area contributed by atoms with Crippen LogP contribution in [-0.4, -0.2) is 36.4 Å². The Balaban J connectivity index is 1.93. The SMILES string of the molecule is O=C(Sc1ccc(Cl)cc1)N1CCOCC1. The summed E-state index contributed by atoms with van der Waals surface area (Å²) >= 11 is 7.01. The molecule has 1 heterocycles. The van der Waals surface area contributed by atoms with Gasteiger partial charge in [0.1, 0.15) is 0 Å². The van der Waals surface area contributed by atoms with Crippen molar-refractivity contribution >= 4 is 28.6 Å². The first-order chi connectivity index (χ1) is 7.75. The summed E-state index contributed by atoms with van der Waals surface area (Å²) in [7, 11) is 0. The number of ether oxygens (including phenoxy) is 1. The van der Waals surface area contributed by atoms with Crippen molar-refractivity contribution < 1.29 is 9.53 Å². The Morgan fingerprint density at radius 3 is 2.50 bits per heavy atom. The summed E-state index contributed by atoms with van der Waals surface area (Å²) in [4.78, 5) is 14.6. The molecule has 3 nitrogen and oxygen atoms in total. The lowest BCUT2D eigenvalue weighted by Crippen LogP contribution is -2.38. The number of hydrogen-bond acceptors (Lipinski definition) is 3. The van der Waals surface area contributed by atoms with Crippen LogP contribution in [0.15, 0.2) is 29.2 Å². The van der Waals surface area contributed by atoms with Crippen LogP contribution in [0.1, 0.15) is 0 Å². The van der Waals surface area contributed by atoms with Gasteiger partial charge in [-0.05, 0) is 36.0 Å². The summed E-state index contributed by atoms with van der Waals surface area (Å²) in [6.07, 6.45) is 0. The maximum absolute atomic E-state index is 11.9. The Bertz CT molecular complexity index is 363. The molecular weight excluding hydrogens is 246 g/mol. The predicted octanol–water partition coefficient (Wildman–Crippen LogP) is 2.88. The molecule has 0 saturated carbocycles. The van der Waals surface area contributed by atoms with E-state index in [2.05, 4.69) is 0 Å². The van der Waals surface area contributed by atoms with Crippen molar-refractivity contribution in [3.63, 3.8) is 0 Å². The first-order valence-electron chi connectivity index (χ1n) is 5.06. The third-order valence-electron chi connectivity index (χ3n) is 2.29. The standard InChI is InChI=1S/C11H12ClNO2S/c12-9-1-3-10(4-2-9)16-11(14)13-5-7-15-8-6-13/h1-4H,5-8H2. The van der Waals surface area contributed by atoms with E-state index in [-0.39, 0.29) is 5.24 Å². The molecular formula is C11H12ClNO2S. The first kappa shape index (κ1) is 11.8. The van der Waals surface area contributed by atoms with Crippen LogP contribution < -0.4 is 0 Å². The molecule has 0 aromatic heterocycles. The van der Waals surface area contributed by atoms with Gasteiger partial charge in [0.15, 0.2) is 0 Å². The minimum Gasteiger partial charge on any atom is -0.378 e. The van der Waals surface area contributed by atoms with Crippen LogP contribution in [0.2, 0.25) is 5.02 Å². The second-order valence-electron chi connectivity index (χ2n) is 3.42. The average Bonchev–Trinajstić information content (AvgIpc) is 2.33. The zero-order valence-electron chi connectivity index (χ0n) is 8.69. The van der Waals surface area contributed by atoms with Gasteiger partial charge >= 0.3 is 0 Å². The highest BCUT2D eigenvalue weighted by atomic mass is 35.5. The Morgan fingerprint density at radius 1 is 1.25 bits per heavy atom. The second kappa shape index (κ2) is 5.57. The smallest absolute Gasteiger partial charge is 0.286 e. The van der Waals surface area contributed by atoms with Crippen molar-refractivity contribution in [3.8, 4) is 0 Å². The Morgan fingerprint density at radius 2 is 1.88 bits per heavy atom. The number of rotatable bonds is 1. The molecule has 0 aliphatic carbocycles. The number of carbonyl (C=O) groups excluding carboxylic acids is 1. The van der Waals surface area contributed by atoms with Gasteiger partial charge in [-0.15, -0.1) is 0 Å². The molecule has 1 aromatic rings. The monoisotopic (exact) mass is 257 g/mol. The summed E-state index contributed by atoms with van der Waals surface area (Å²) in [5.41, 5.74) is 0. The third-order valence-corrected chi connectivity index (χ3v) is 3.48. The molecule has 16 heavy (non-hydrogen) atoms. The van der Waals surface area contributed by atoms with Crippen molar-refractivity contribution in [2.45, 2.75) is 4.90 Å². The zero-order chi connectivity index (χ0) is 11.4. The summed E-state index contributed by atoms with van der Waals surface area (Å²) < 4.78 is 5.20. The summed E-state index contributed by atoms with van der Waals surface area (Å²) in [6.45, 7) is 2.62. The van der Waals surface area contributed by atoms with Crippen molar-refractivity contribution in [2.75, 3.05) is 26.3 Å². The second-order valence-corrected chi connectivity index (χ2v) is 4.88. The van der Waals surface area contributed by atoms with E-state index in [9.17, 15) is 4.79 Å². The van der Waals surface area contributed by atoms with Gasteiger partial charge in [-0.2, -0.15) is 0 Å². The number of thioether (sulfide) groups is 1. The Labute approximate surface area is 104 Å². The fourth-order valence-corrected chi connectivity index (χ4v) is 2.33. The molecule has 0 spiro atoms. The lowest BCUT2D eigenvalue weighted by Gasteiger charge is -2.26. The molecule has 1 saturated heterocycles. The molecule has 5 heteroatoms. The summed E-state index contributed by atoms with van der Waals surface area (Å²) in [6, 6.07) is 7.28. The number of morpholine rings is 1. The summed E-state index contributed by atoms with van der Waals surface area (Å²) in [5, 5.41) is 0.758. The molecule has 0 N–H and O–H groups in total. The molecule has 0 unspecified atom stereocenters. The van der Waals surface area contributed by atoms with Crippen molar-refractivity contribution in [2.24, 2.45) is 0 Å². The van der Waals surface area contributed by atoms with Crippen molar-refractivity contribution in [1.29, 1.82) is 0 Å². The fraction of sp³-hybridized carbons (Fsp3) is 0.364. The highest BCUT2D eigenvalue weighted by Gasteiger charge is 2.17. The zero-order valence-corrected chi connectivity index (χ0v) is 10.3. The molecule has 1 fully saturated rings. The van der Waals surface area contributed by atoms with E-state index in [4.69, 9.17) is 16.3 Å². The van der Waals surface area contributed by atoms with Gasteiger partial charge in [-0.25, -0.2) is 0 Å². The van der Waals surface area contributed by atoms with Gasteiger partial charge < -0.3 is 9.64 Å². The molecule has 0 atom stereocenters. The molecule has 2 rings (SSSR count). The van der Waals surface area contributed by atoms with E-state index in [0.29, 0.717) is 31.3 Å². The van der Waals surface area contributed by atoms with Crippen LogP contribution >= 0.6 is 23.4 Å². The molecule has 86 valence electrons. The largest absolute Gasteiger partial charge is 0.378 e. The Hall–Kier alpha value is -0.710. The van der Waals surface area contributed by atoms with Crippen LogP contribution in [0.25, 0.3) is 0 Å². The highest BCUT2D eigenvalue weighted by Crippen LogP contribution is 2.23. The van der Waals surface area contributed by atoms with Gasteiger partial charge in [0.2, 0.25) is 0 Å². The number of halogens is 1. The van der Waals surface area contributed by atoms with Gasteiger partial charge in [0, 0.05) is 23.0 Å². The lowest BCUT2D eigenvalue weighted by atomic mass is 10.4. The van der Waals surface area contributed by atoms with Gasteiger partial charge in [-0.3, -0.25) is 4.79 Å². The maximum Gasteiger partial charge on any atom is 0.286 e. The number of benzene rings is 1. The third kappa shape index (κ3) is 3.14. The number of carbonyl (C=O) groups is 1. The van der Waals surface area contributed by atoms with E-state index in [0.717, 1.165) is 4.90 Å². The molecule has 1 aromatic carbocycles. The van der Waals surface area contributed by atoms with Crippen LogP contribution in [0.4, 0.5) is 4.79 Å². The lowest BCUT2D eigenvalue weighted by molar-refractivity contribution is 0.0593. The van der Waals surface area contributed by atoms with Crippen LogP contribution in [0, 0.1) is 0 Å². The fourth-order valence-electron chi connectivity index (χ4n) is 1.41. The number of nitrogens with zero attached hydrogens (tertiary/aromatic N) is 1. The molecule has 1 amide bonds. The Kier molecular flexibility index (Phi) is 4.09. The predicted molar refractivity (Wildman–Crippen MR) is 65.1 cm³/mol. The van der Waals surface area contributed by atoms with Crippen molar-refractivity contribution in [3.05, 3.63) is 29.3 Å². The minimum atomic E-state index is 0.0747. The minimum absolute atomic E-state index is 0.0747. The van der Waals surface area contributed by atoms with Gasteiger partial charge in [0.05, 0.1) is 13.2 Å². The van der Waals surface area contributed by atoms with E-state index in [1.54, 1.807) is 12.1 Å². The van der Waals surface area contributed by atoms with Crippen molar-refractivity contribution in [1.82, 2.24) is 4.90 Å². The number of hydrogen-bond donors (Lipinski definition) is 0. The van der Waals surface area contributed by atoms with Crippen LogP contribution in [-0.2, 0) is 4.74 Å². The van der Waals surface area contributed by atoms with Gasteiger partial charge in [0.25, 0.3) is 5.24 Å². The van der Waals surface area contributed by atoms with E-state index >= 15 is 0 Å². The molecule has 0 bridgehead atoms. The molecule has 1 aliphatic rings. The normalized spacial score (nSPS) is 16.2. The van der Waals surface area contributed by atoms with Crippen LogP contribution in [0.5, 0.6) is 0 Å². The highest BCUT2D eigenvalue weighted by molar-refractivity contribution is 8.13. The maximum atomic E-state index is 11.9. The van der Waals surface area contributed by atoms with Crippen LogP contribution in [0.3, 0.4) is 0 Å². The molecule has 0 radical (unpaired) electrons. The van der Waals surface area contributed by atoms with Gasteiger partial charge in [-0.1, -0.05) is 11.6 Å². The van der Waals surface area contributed by atoms with E-state index < -0.39 is 0 Å². The topological polar surface area (TPSA) is 29.5 Å². The molecule has 1 aliphatic heterocycles. The van der Waals surface area contributed by atoms with E-state index in [1.165, 1.54) is 11.8 Å².